The maximum Gasteiger partial charge on any atom is 0.420 e. The van der Waals surface area contributed by atoms with Crippen LogP contribution in [0, 0.1) is 5.82 Å². The summed E-state index contributed by atoms with van der Waals surface area (Å²) in [6.45, 7) is 0. The number of rotatable bonds is 2. The molecule has 3 nitrogen and oxygen atoms in total. The van der Waals surface area contributed by atoms with Crippen molar-refractivity contribution in [2.75, 3.05) is 13.4 Å². The summed E-state index contributed by atoms with van der Waals surface area (Å²) in [6.07, 6.45) is -4.12. The van der Waals surface area contributed by atoms with Crippen LogP contribution in [0.15, 0.2) is 17.0 Å². The molecule has 17 heavy (non-hydrogen) atoms. The number of halogens is 4. The zero-order valence-corrected chi connectivity index (χ0v) is 9.62. The molecule has 0 saturated carbocycles. The first kappa shape index (κ1) is 13.8. The minimum absolute atomic E-state index is 0.471. The standard InChI is InChI=1S/C9H8F4O3S/c1-16-8-5(9(11,12)13)3-4-6(7(8)10)17(2,14)15/h3-4H,1-2H3. The van der Waals surface area contributed by atoms with Gasteiger partial charge in [-0.15, -0.1) is 0 Å². The van der Waals surface area contributed by atoms with Crippen LogP contribution in [0.3, 0.4) is 0 Å². The topological polar surface area (TPSA) is 43.4 Å². The third kappa shape index (κ3) is 2.68. The van der Waals surface area contributed by atoms with Crippen LogP contribution in [-0.4, -0.2) is 21.8 Å². The highest BCUT2D eigenvalue weighted by molar-refractivity contribution is 7.90. The van der Waals surface area contributed by atoms with Crippen LogP contribution < -0.4 is 4.74 Å². The molecule has 0 heterocycles. The van der Waals surface area contributed by atoms with E-state index in [-0.39, 0.29) is 0 Å². The van der Waals surface area contributed by atoms with E-state index in [1.54, 1.807) is 0 Å². The van der Waals surface area contributed by atoms with Crippen LogP contribution >= 0.6 is 0 Å². The average Bonchev–Trinajstić information content (AvgIpc) is 2.13. The molecule has 0 fully saturated rings. The number of sulfone groups is 1. The van der Waals surface area contributed by atoms with Gasteiger partial charge >= 0.3 is 6.18 Å². The predicted octanol–water partition coefficient (Wildman–Crippen LogP) is 2.26. The van der Waals surface area contributed by atoms with E-state index in [0.29, 0.717) is 18.4 Å². The zero-order chi connectivity index (χ0) is 13.4. The van der Waals surface area contributed by atoms with Gasteiger partial charge in [-0.3, -0.25) is 0 Å². The molecule has 0 amide bonds. The van der Waals surface area contributed by atoms with Crippen molar-refractivity contribution in [3.63, 3.8) is 0 Å². The molecule has 0 aromatic heterocycles. The lowest BCUT2D eigenvalue weighted by Gasteiger charge is -2.14. The molecule has 8 heteroatoms. The summed E-state index contributed by atoms with van der Waals surface area (Å²) in [5.74, 6) is -2.66. The lowest BCUT2D eigenvalue weighted by Crippen LogP contribution is -2.11. The Kier molecular flexibility index (Phi) is 3.37. The Hall–Kier alpha value is -1.31. The monoisotopic (exact) mass is 272 g/mol. The van der Waals surface area contributed by atoms with Crippen molar-refractivity contribution in [1.82, 2.24) is 0 Å². The molecule has 1 aromatic carbocycles. The quantitative estimate of drug-likeness (QED) is 0.776. The predicted molar refractivity (Wildman–Crippen MR) is 51.1 cm³/mol. The second-order valence-electron chi connectivity index (χ2n) is 3.23. The van der Waals surface area contributed by atoms with Gasteiger partial charge in [0.2, 0.25) is 0 Å². The van der Waals surface area contributed by atoms with Crippen LogP contribution in [0.4, 0.5) is 17.6 Å². The second-order valence-corrected chi connectivity index (χ2v) is 5.21. The summed E-state index contributed by atoms with van der Waals surface area (Å²) in [7, 11) is -3.12. The molecular weight excluding hydrogens is 264 g/mol. The highest BCUT2D eigenvalue weighted by Gasteiger charge is 2.37. The van der Waals surface area contributed by atoms with Gasteiger partial charge in [0.15, 0.2) is 21.4 Å². The van der Waals surface area contributed by atoms with Gasteiger partial charge in [0.25, 0.3) is 0 Å². The molecule has 1 aromatic rings. The Morgan fingerprint density at radius 2 is 1.76 bits per heavy atom. The third-order valence-corrected chi connectivity index (χ3v) is 3.08. The molecule has 0 spiro atoms. The zero-order valence-electron chi connectivity index (χ0n) is 8.80. The largest absolute Gasteiger partial charge is 0.493 e. The van der Waals surface area contributed by atoms with Gasteiger partial charge in [0, 0.05) is 6.26 Å². The number of benzene rings is 1. The Labute approximate surface area is 94.9 Å². The van der Waals surface area contributed by atoms with Crippen molar-refractivity contribution in [1.29, 1.82) is 0 Å². The van der Waals surface area contributed by atoms with Gasteiger partial charge in [0.05, 0.1) is 7.11 Å². The lowest BCUT2D eigenvalue weighted by atomic mass is 10.2. The molecule has 0 bridgehead atoms. The number of methoxy groups -OCH3 is 1. The number of ether oxygens (including phenoxy) is 1. The smallest absolute Gasteiger partial charge is 0.420 e. The minimum Gasteiger partial charge on any atom is -0.493 e. The van der Waals surface area contributed by atoms with Gasteiger partial charge < -0.3 is 4.74 Å². The van der Waals surface area contributed by atoms with E-state index < -0.39 is 38.0 Å². The summed E-state index contributed by atoms with van der Waals surface area (Å²) in [5.41, 5.74) is -1.36. The van der Waals surface area contributed by atoms with Gasteiger partial charge in [-0.05, 0) is 12.1 Å². The molecule has 0 N–H and O–H groups in total. The van der Waals surface area contributed by atoms with Crippen LogP contribution in [-0.2, 0) is 16.0 Å². The normalized spacial score (nSPS) is 12.6. The summed E-state index contributed by atoms with van der Waals surface area (Å²) < 4.78 is 77.4. The second kappa shape index (κ2) is 4.17. The van der Waals surface area contributed by atoms with Crippen molar-refractivity contribution in [3.8, 4) is 5.75 Å². The Morgan fingerprint density at radius 3 is 2.12 bits per heavy atom. The fourth-order valence-corrected chi connectivity index (χ4v) is 1.98. The average molecular weight is 272 g/mol. The maximum atomic E-state index is 13.6. The molecule has 1 rings (SSSR count). The highest BCUT2D eigenvalue weighted by Crippen LogP contribution is 2.39. The maximum absolute atomic E-state index is 13.6. The molecule has 0 saturated heterocycles. The fourth-order valence-electron chi connectivity index (χ4n) is 1.25. The first-order valence-electron chi connectivity index (χ1n) is 4.22. The molecule has 0 radical (unpaired) electrons. The lowest BCUT2D eigenvalue weighted by molar-refractivity contribution is -0.139. The van der Waals surface area contributed by atoms with Crippen molar-refractivity contribution in [2.45, 2.75) is 11.1 Å². The van der Waals surface area contributed by atoms with Crippen molar-refractivity contribution in [3.05, 3.63) is 23.5 Å². The molecule has 0 aliphatic heterocycles. The van der Waals surface area contributed by atoms with E-state index >= 15 is 0 Å². The van der Waals surface area contributed by atoms with E-state index in [4.69, 9.17) is 0 Å². The van der Waals surface area contributed by atoms with Crippen molar-refractivity contribution >= 4 is 9.84 Å². The number of hydrogen-bond acceptors (Lipinski definition) is 3. The number of alkyl halides is 3. The fraction of sp³-hybridized carbons (Fsp3) is 0.333. The van der Waals surface area contributed by atoms with E-state index in [2.05, 4.69) is 4.74 Å². The van der Waals surface area contributed by atoms with E-state index in [0.717, 1.165) is 7.11 Å². The summed E-state index contributed by atoms with van der Waals surface area (Å²) in [4.78, 5) is -0.831. The SMILES string of the molecule is COc1c(C(F)(F)F)ccc(S(C)(=O)=O)c1F. The Morgan fingerprint density at radius 1 is 1.24 bits per heavy atom. The van der Waals surface area contributed by atoms with E-state index in [1.807, 2.05) is 0 Å². The van der Waals surface area contributed by atoms with E-state index in [9.17, 15) is 26.0 Å². The van der Waals surface area contributed by atoms with Gasteiger partial charge in [-0.1, -0.05) is 0 Å². The van der Waals surface area contributed by atoms with E-state index in [1.165, 1.54) is 0 Å². The van der Waals surface area contributed by atoms with Crippen molar-refractivity contribution < 1.29 is 30.7 Å². The summed E-state index contributed by atoms with van der Waals surface area (Å²) in [6, 6.07) is 1.04. The molecule has 0 unspecified atom stereocenters. The Bertz CT molecular complexity index is 534. The summed E-state index contributed by atoms with van der Waals surface area (Å²) in [5, 5.41) is 0. The molecule has 0 aliphatic rings. The van der Waals surface area contributed by atoms with Crippen LogP contribution in [0.1, 0.15) is 5.56 Å². The molecule has 96 valence electrons. The van der Waals surface area contributed by atoms with Gasteiger partial charge in [-0.2, -0.15) is 13.2 Å². The Balaban J connectivity index is 3.60. The highest BCUT2D eigenvalue weighted by atomic mass is 32.2. The van der Waals surface area contributed by atoms with Crippen LogP contribution in [0.25, 0.3) is 0 Å². The first-order chi connectivity index (χ1) is 7.59. The first-order valence-corrected chi connectivity index (χ1v) is 6.12. The van der Waals surface area contributed by atoms with Gasteiger partial charge in [-0.25, -0.2) is 12.8 Å². The van der Waals surface area contributed by atoms with Crippen LogP contribution in [0.2, 0.25) is 0 Å². The minimum atomic E-state index is -4.82. The number of hydrogen-bond donors (Lipinski definition) is 0. The molecule has 0 atom stereocenters. The third-order valence-electron chi connectivity index (χ3n) is 1.97. The molecular formula is C9H8F4O3S. The van der Waals surface area contributed by atoms with Gasteiger partial charge in [0.1, 0.15) is 10.5 Å². The molecule has 0 aliphatic carbocycles. The van der Waals surface area contributed by atoms with Crippen LogP contribution in [0.5, 0.6) is 5.75 Å². The summed E-state index contributed by atoms with van der Waals surface area (Å²) >= 11 is 0. The van der Waals surface area contributed by atoms with Crippen molar-refractivity contribution in [2.24, 2.45) is 0 Å².